The van der Waals surface area contributed by atoms with Crippen molar-refractivity contribution in [2.45, 2.75) is 18.9 Å². The first kappa shape index (κ1) is 57.6. The van der Waals surface area contributed by atoms with E-state index in [1.807, 2.05) is 133 Å². The molecule has 2 aliphatic heterocycles. The fraction of sp³-hybridized carbons (Fsp3) is 0.292. The Balaban J connectivity index is 1.12. The van der Waals surface area contributed by atoms with Crippen molar-refractivity contribution < 1.29 is 67.2 Å². The Morgan fingerprint density at radius 2 is 0.687 bits per heavy atom. The highest BCUT2D eigenvalue weighted by atomic mass is 16.6. The summed E-state index contributed by atoms with van der Waals surface area (Å²) in [5.74, 6) is -0.188. The van der Waals surface area contributed by atoms with Gasteiger partial charge in [0.2, 0.25) is 0 Å². The summed E-state index contributed by atoms with van der Waals surface area (Å²) in [4.78, 5) is 42.4. The van der Waals surface area contributed by atoms with Crippen LogP contribution in [0.4, 0.5) is 0 Å². The average Bonchev–Trinajstić information content (AvgIpc) is 4.56. The van der Waals surface area contributed by atoms with Crippen LogP contribution in [0.25, 0.3) is 90.9 Å². The summed E-state index contributed by atoms with van der Waals surface area (Å²) in [6, 6.07) is 39.5. The van der Waals surface area contributed by atoms with Crippen molar-refractivity contribution in [3.8, 4) is 67.5 Å². The number of methoxy groups -OCH3 is 3. The van der Waals surface area contributed by atoms with E-state index in [1.165, 1.54) is 0 Å². The van der Waals surface area contributed by atoms with E-state index in [1.54, 1.807) is 21.3 Å². The number of ether oxygens (including phenoxy) is 10. The summed E-state index contributed by atoms with van der Waals surface area (Å²) in [6.45, 7) is 5.34. The number of H-pyrrole nitrogens is 2. The first-order valence-corrected chi connectivity index (χ1v) is 27.4. The summed E-state index contributed by atoms with van der Waals surface area (Å²) in [5, 5.41) is 19.4. The lowest BCUT2D eigenvalue weighted by molar-refractivity contribution is -0.178. The Labute approximate surface area is 480 Å². The van der Waals surface area contributed by atoms with Crippen molar-refractivity contribution in [1.29, 1.82) is 0 Å². The minimum Gasteiger partial charge on any atom is -0.491 e. The zero-order valence-corrected chi connectivity index (χ0v) is 46.5. The molecule has 430 valence electrons. The van der Waals surface area contributed by atoms with Crippen molar-refractivity contribution in [3.05, 3.63) is 144 Å². The van der Waals surface area contributed by atoms with Gasteiger partial charge < -0.3 is 67.5 Å². The number of benzene rings is 4. The molecular weight excluding hydrogens is 1060 g/mol. The number of fused-ring (bicyclic) bond motifs is 8. The van der Waals surface area contributed by atoms with E-state index in [0.29, 0.717) is 114 Å². The highest BCUT2D eigenvalue weighted by Gasteiger charge is 2.58. The zero-order chi connectivity index (χ0) is 57.5. The molecule has 0 saturated heterocycles. The number of hydrogen-bond donors (Lipinski definition) is 4. The topological polar surface area (TPSA) is 224 Å². The van der Waals surface area contributed by atoms with Gasteiger partial charge in [-0.1, -0.05) is 48.5 Å². The van der Waals surface area contributed by atoms with Gasteiger partial charge in [0.15, 0.2) is 5.41 Å². The fourth-order valence-corrected chi connectivity index (χ4v) is 10.1. The highest BCUT2D eigenvalue weighted by Crippen LogP contribution is 2.45. The van der Waals surface area contributed by atoms with E-state index in [9.17, 15) is 19.8 Å². The van der Waals surface area contributed by atoms with Crippen molar-refractivity contribution in [2.75, 3.05) is 101 Å². The second kappa shape index (κ2) is 27.4. The van der Waals surface area contributed by atoms with E-state index in [-0.39, 0.29) is 12.8 Å². The Hall–Kier alpha value is -8.62. The molecular formula is C65H66N4O14. The standard InChI is InChI=1S/C65H66N4O14/c1-74-28-31-77-34-37-80-46-12-4-42(5-13-46)59-51-20-22-53(66-51)60(43-6-14-47(15-7-43)81-38-35-78-32-29-75-2)55-24-26-57(68-55)62(45-10-18-49(19-11-45)83-50-40-65(41-50,63(70)71)64(72)73)58-27-25-56(69-58)61(54-23-21-52(59)67-54)44-8-16-48(17-9-44)82-39-36-79-33-30-76-3/h4-27,50,66,69H,28-41H2,1-3H3,(H,70,71)(H,72,73). The van der Waals surface area contributed by atoms with Crippen LogP contribution in [0.1, 0.15) is 35.6 Å². The molecule has 1 fully saturated rings. The molecule has 3 aliphatic rings. The van der Waals surface area contributed by atoms with Crippen LogP contribution in [0.15, 0.2) is 121 Å². The first-order chi connectivity index (χ1) is 40.6. The van der Waals surface area contributed by atoms with Crippen LogP contribution in [-0.2, 0) is 38.0 Å². The lowest BCUT2D eigenvalue weighted by atomic mass is 9.66. The number of carbonyl (C=O) groups is 2. The molecule has 0 spiro atoms. The van der Waals surface area contributed by atoms with Crippen LogP contribution in [-0.4, -0.2) is 149 Å². The quantitative estimate of drug-likeness (QED) is 0.0253. The molecule has 1 saturated carbocycles. The van der Waals surface area contributed by atoms with Crippen LogP contribution < -0.4 is 18.9 Å². The van der Waals surface area contributed by atoms with Gasteiger partial charge in [-0.15, -0.1) is 0 Å². The molecule has 18 nitrogen and oxygen atoms in total. The Morgan fingerprint density at radius 1 is 0.410 bits per heavy atom. The fourth-order valence-electron chi connectivity index (χ4n) is 10.1. The zero-order valence-electron chi connectivity index (χ0n) is 46.5. The van der Waals surface area contributed by atoms with E-state index in [4.69, 9.17) is 57.3 Å². The molecule has 4 aromatic carbocycles. The number of hydrogen-bond acceptors (Lipinski definition) is 14. The van der Waals surface area contributed by atoms with Crippen molar-refractivity contribution in [2.24, 2.45) is 5.41 Å². The summed E-state index contributed by atoms with van der Waals surface area (Å²) in [5.41, 5.74) is 11.0. The Morgan fingerprint density at radius 3 is 0.964 bits per heavy atom. The van der Waals surface area contributed by atoms with Crippen LogP contribution in [0, 0.1) is 5.41 Å². The number of nitrogens with one attached hydrogen (secondary N) is 2. The third kappa shape index (κ3) is 13.7. The summed E-state index contributed by atoms with van der Waals surface area (Å²) >= 11 is 0. The number of aromatic amines is 2. The van der Waals surface area contributed by atoms with E-state index < -0.39 is 23.5 Å². The van der Waals surface area contributed by atoms with Gasteiger partial charge in [-0.05, 0) is 119 Å². The van der Waals surface area contributed by atoms with Gasteiger partial charge in [0.05, 0.1) is 82.2 Å². The van der Waals surface area contributed by atoms with E-state index in [0.717, 1.165) is 78.0 Å². The second-order valence-electron chi connectivity index (χ2n) is 19.8. The third-order valence-corrected chi connectivity index (χ3v) is 14.4. The monoisotopic (exact) mass is 1130 g/mol. The number of carboxylic acid groups (broad SMARTS) is 2. The number of rotatable bonds is 29. The van der Waals surface area contributed by atoms with E-state index in [2.05, 4.69) is 22.1 Å². The van der Waals surface area contributed by atoms with Gasteiger partial charge in [-0.2, -0.15) is 0 Å². The van der Waals surface area contributed by atoms with Crippen LogP contribution >= 0.6 is 0 Å². The molecule has 7 aromatic rings. The van der Waals surface area contributed by atoms with E-state index >= 15 is 0 Å². The lowest BCUT2D eigenvalue weighted by Gasteiger charge is -2.40. The molecule has 83 heavy (non-hydrogen) atoms. The summed E-state index contributed by atoms with van der Waals surface area (Å²) in [6.07, 6.45) is 7.25. The summed E-state index contributed by atoms with van der Waals surface area (Å²) < 4.78 is 56.6. The number of nitrogens with zero attached hydrogens (tertiary/aromatic N) is 2. The highest BCUT2D eigenvalue weighted by molar-refractivity contribution is 6.01. The number of aliphatic carboxylic acids is 2. The predicted molar refractivity (Wildman–Crippen MR) is 317 cm³/mol. The molecule has 8 bridgehead atoms. The molecule has 0 atom stereocenters. The number of aromatic nitrogens is 4. The first-order valence-electron chi connectivity index (χ1n) is 27.4. The maximum Gasteiger partial charge on any atom is 0.321 e. The second-order valence-corrected chi connectivity index (χ2v) is 19.8. The van der Waals surface area contributed by atoms with Crippen LogP contribution in [0.3, 0.4) is 0 Å². The van der Waals surface area contributed by atoms with Crippen molar-refractivity contribution in [1.82, 2.24) is 19.9 Å². The van der Waals surface area contributed by atoms with Gasteiger partial charge in [0.1, 0.15) is 48.9 Å². The lowest BCUT2D eigenvalue weighted by Crippen LogP contribution is -2.54. The van der Waals surface area contributed by atoms with Crippen molar-refractivity contribution >= 4 is 58.3 Å². The predicted octanol–water partition coefficient (Wildman–Crippen LogP) is 11.1. The molecule has 0 amide bonds. The molecule has 0 unspecified atom stereocenters. The van der Waals surface area contributed by atoms with Gasteiger partial charge in [-0.3, -0.25) is 9.59 Å². The van der Waals surface area contributed by atoms with Crippen molar-refractivity contribution in [3.63, 3.8) is 0 Å². The molecule has 10 rings (SSSR count). The molecule has 3 aromatic heterocycles. The number of carboxylic acids is 2. The van der Waals surface area contributed by atoms with Crippen LogP contribution in [0.5, 0.6) is 23.0 Å². The largest absolute Gasteiger partial charge is 0.491 e. The molecule has 1 aliphatic carbocycles. The molecule has 4 N–H and O–H groups in total. The normalized spacial score (nSPS) is 13.4. The third-order valence-electron chi connectivity index (χ3n) is 14.4. The van der Waals surface area contributed by atoms with Gasteiger partial charge >= 0.3 is 11.9 Å². The maximum absolute atomic E-state index is 11.9. The SMILES string of the molecule is COCCOCCOc1ccc(-c2c3nc(c(-c4ccc(OCCOCCOC)cc4)c4ccc([nH]4)c(-c4ccc(OC5CC(C(=O)O)(C(=O)O)C5)cc4)c4nc(c(-c5ccc(OCCOCCOC)cc5)c5ccc2[nH]5)C=C4)C=C3)cc1. The minimum atomic E-state index is -1.86. The summed E-state index contributed by atoms with van der Waals surface area (Å²) in [7, 11) is 4.92. The molecule has 5 heterocycles. The average molecular weight is 1130 g/mol. The van der Waals surface area contributed by atoms with Gasteiger partial charge in [0, 0.05) is 78.5 Å². The molecule has 0 radical (unpaired) electrons. The van der Waals surface area contributed by atoms with Crippen LogP contribution in [0.2, 0.25) is 0 Å². The minimum absolute atomic E-state index is 0.142. The van der Waals surface area contributed by atoms with Gasteiger partial charge in [0.25, 0.3) is 0 Å². The Bertz CT molecular complexity index is 3510. The Kier molecular flexibility index (Phi) is 19.0. The molecule has 18 heteroatoms. The smallest absolute Gasteiger partial charge is 0.321 e. The maximum atomic E-state index is 11.9. The van der Waals surface area contributed by atoms with Gasteiger partial charge in [-0.25, -0.2) is 9.97 Å².